The van der Waals surface area contributed by atoms with Crippen molar-refractivity contribution in [2.75, 3.05) is 17.6 Å². The first kappa shape index (κ1) is 15.6. The highest BCUT2D eigenvalue weighted by Crippen LogP contribution is 2.26. The molecular formula is C14H20N2O2S. The van der Waals surface area contributed by atoms with Crippen LogP contribution in [0.25, 0.3) is 0 Å². The molecule has 0 aliphatic rings. The Morgan fingerprint density at radius 3 is 2.68 bits per heavy atom. The van der Waals surface area contributed by atoms with Crippen molar-refractivity contribution in [2.45, 2.75) is 31.6 Å². The maximum atomic E-state index is 11.8. The molecule has 0 heterocycles. The molecule has 0 saturated heterocycles. The highest BCUT2D eigenvalue weighted by Gasteiger charge is 2.06. The third-order valence-corrected chi connectivity index (χ3v) is 3.37. The second-order valence-electron chi connectivity index (χ2n) is 4.06. The number of para-hydroxylation sites is 1. The van der Waals surface area contributed by atoms with E-state index in [9.17, 15) is 9.59 Å². The third-order valence-electron chi connectivity index (χ3n) is 2.42. The minimum Gasteiger partial charge on any atom is -0.356 e. The zero-order chi connectivity index (χ0) is 14.1. The molecule has 0 spiro atoms. The van der Waals surface area contributed by atoms with E-state index in [1.807, 2.05) is 24.3 Å². The van der Waals surface area contributed by atoms with Gasteiger partial charge in [0.2, 0.25) is 11.8 Å². The molecule has 0 radical (unpaired) electrons. The molecule has 0 fully saturated rings. The Balaban J connectivity index is 2.41. The van der Waals surface area contributed by atoms with Crippen LogP contribution in [-0.4, -0.2) is 24.1 Å². The summed E-state index contributed by atoms with van der Waals surface area (Å²) in [6, 6.07) is 7.78. The Kier molecular flexibility index (Phi) is 7.03. The minimum absolute atomic E-state index is 0.0190. The molecule has 5 heteroatoms. The first-order valence-electron chi connectivity index (χ1n) is 6.39. The lowest BCUT2D eigenvalue weighted by Gasteiger charge is -2.10. The van der Waals surface area contributed by atoms with Crippen molar-refractivity contribution in [3.05, 3.63) is 24.3 Å². The lowest BCUT2D eigenvalue weighted by atomic mass is 10.2. The van der Waals surface area contributed by atoms with E-state index < -0.39 is 0 Å². The molecule has 0 atom stereocenters. The highest BCUT2D eigenvalue weighted by molar-refractivity contribution is 7.99. The maximum Gasteiger partial charge on any atom is 0.224 e. The Hall–Kier alpha value is -1.49. The van der Waals surface area contributed by atoms with Gasteiger partial charge in [-0.3, -0.25) is 9.59 Å². The lowest BCUT2D eigenvalue weighted by molar-refractivity contribution is -0.119. The molecule has 1 rings (SSSR count). The molecule has 2 amide bonds. The average molecular weight is 280 g/mol. The predicted octanol–water partition coefficient (Wildman–Crippen LogP) is 2.65. The summed E-state index contributed by atoms with van der Waals surface area (Å²) in [4.78, 5) is 23.5. The molecule has 1 aromatic rings. The number of rotatable bonds is 7. The molecule has 0 bridgehead atoms. The number of carbonyl (C=O) groups excluding carboxylic acids is 2. The molecule has 0 saturated carbocycles. The smallest absolute Gasteiger partial charge is 0.224 e. The first-order valence-corrected chi connectivity index (χ1v) is 7.38. The van der Waals surface area contributed by atoms with Gasteiger partial charge in [0.25, 0.3) is 0 Å². The average Bonchev–Trinajstić information content (AvgIpc) is 2.37. The number of hydrogen-bond acceptors (Lipinski definition) is 3. The van der Waals surface area contributed by atoms with Gasteiger partial charge in [-0.25, -0.2) is 0 Å². The van der Waals surface area contributed by atoms with Crippen LogP contribution in [0.15, 0.2) is 29.2 Å². The molecule has 0 aromatic heterocycles. The summed E-state index contributed by atoms with van der Waals surface area (Å²) < 4.78 is 0. The molecule has 0 aliphatic carbocycles. The van der Waals surface area contributed by atoms with E-state index >= 15 is 0 Å². The number of nitrogens with one attached hydrogen (secondary N) is 2. The zero-order valence-electron chi connectivity index (χ0n) is 11.4. The van der Waals surface area contributed by atoms with Crippen molar-refractivity contribution >= 4 is 29.3 Å². The summed E-state index contributed by atoms with van der Waals surface area (Å²) in [5.74, 6) is 0.884. The van der Waals surface area contributed by atoms with Crippen molar-refractivity contribution in [1.82, 2.24) is 5.32 Å². The minimum atomic E-state index is -0.0647. The van der Waals surface area contributed by atoms with Crippen LogP contribution in [0.2, 0.25) is 0 Å². The monoisotopic (exact) mass is 280 g/mol. The van der Waals surface area contributed by atoms with E-state index in [0.717, 1.165) is 16.3 Å². The zero-order valence-corrected chi connectivity index (χ0v) is 12.2. The number of hydrogen-bond donors (Lipinski definition) is 2. The molecule has 0 unspecified atom stereocenters. The summed E-state index contributed by atoms with van der Waals surface area (Å²) in [6.45, 7) is 4.09. The first-order chi connectivity index (χ1) is 9.13. The van der Waals surface area contributed by atoms with Gasteiger partial charge in [0.05, 0.1) is 5.69 Å². The Bertz CT molecular complexity index is 435. The van der Waals surface area contributed by atoms with Gasteiger partial charge in [-0.2, -0.15) is 0 Å². The Morgan fingerprint density at radius 2 is 2.00 bits per heavy atom. The van der Waals surface area contributed by atoms with Crippen molar-refractivity contribution in [2.24, 2.45) is 0 Å². The summed E-state index contributed by atoms with van der Waals surface area (Å²) in [5, 5.41) is 5.58. The summed E-state index contributed by atoms with van der Waals surface area (Å²) in [7, 11) is 0. The quantitative estimate of drug-likeness (QED) is 0.596. The van der Waals surface area contributed by atoms with Crippen LogP contribution in [0.5, 0.6) is 0 Å². The third kappa shape index (κ3) is 6.29. The van der Waals surface area contributed by atoms with Gasteiger partial charge < -0.3 is 10.6 Å². The van der Waals surface area contributed by atoms with Crippen LogP contribution in [0.3, 0.4) is 0 Å². The van der Waals surface area contributed by atoms with Gasteiger partial charge >= 0.3 is 0 Å². The molecule has 19 heavy (non-hydrogen) atoms. The fourth-order valence-corrected chi connectivity index (χ4v) is 2.34. The number of amides is 2. The molecular weight excluding hydrogens is 260 g/mol. The maximum absolute atomic E-state index is 11.8. The van der Waals surface area contributed by atoms with Crippen LogP contribution in [0, 0.1) is 0 Å². The van der Waals surface area contributed by atoms with E-state index in [-0.39, 0.29) is 11.8 Å². The van der Waals surface area contributed by atoms with Gasteiger partial charge in [0, 0.05) is 24.8 Å². The van der Waals surface area contributed by atoms with Crippen LogP contribution in [0.1, 0.15) is 26.7 Å². The highest BCUT2D eigenvalue weighted by atomic mass is 32.2. The number of benzene rings is 1. The van der Waals surface area contributed by atoms with Crippen molar-refractivity contribution in [1.29, 1.82) is 0 Å². The molecule has 2 N–H and O–H groups in total. The summed E-state index contributed by atoms with van der Waals surface area (Å²) in [6.07, 6.45) is 1.06. The summed E-state index contributed by atoms with van der Waals surface area (Å²) >= 11 is 1.70. The van der Waals surface area contributed by atoms with Crippen molar-refractivity contribution in [3.8, 4) is 0 Å². The Morgan fingerprint density at radius 1 is 1.26 bits per heavy atom. The van der Waals surface area contributed by atoms with E-state index in [2.05, 4.69) is 17.6 Å². The van der Waals surface area contributed by atoms with Gasteiger partial charge in [0.15, 0.2) is 0 Å². The standard InChI is InChI=1S/C14H20N2O2S/c1-3-19-13-8-5-4-7-12(13)16-14(18)9-6-10-15-11(2)17/h4-5,7-8H,3,6,9-10H2,1-2H3,(H,15,17)(H,16,18). The van der Waals surface area contributed by atoms with E-state index in [0.29, 0.717) is 19.4 Å². The van der Waals surface area contributed by atoms with Crippen LogP contribution in [0.4, 0.5) is 5.69 Å². The fraction of sp³-hybridized carbons (Fsp3) is 0.429. The van der Waals surface area contributed by atoms with Gasteiger partial charge in [-0.05, 0) is 24.3 Å². The van der Waals surface area contributed by atoms with Crippen LogP contribution >= 0.6 is 11.8 Å². The van der Waals surface area contributed by atoms with Gasteiger partial charge in [-0.15, -0.1) is 11.8 Å². The van der Waals surface area contributed by atoms with Crippen LogP contribution in [-0.2, 0) is 9.59 Å². The fourth-order valence-electron chi connectivity index (χ4n) is 1.58. The topological polar surface area (TPSA) is 58.2 Å². The SMILES string of the molecule is CCSc1ccccc1NC(=O)CCCNC(C)=O. The molecule has 1 aromatic carbocycles. The predicted molar refractivity (Wildman–Crippen MR) is 79.4 cm³/mol. The second kappa shape index (κ2) is 8.58. The van der Waals surface area contributed by atoms with Crippen molar-refractivity contribution < 1.29 is 9.59 Å². The molecule has 0 aliphatic heterocycles. The Labute approximate surface area is 118 Å². The number of thioether (sulfide) groups is 1. The van der Waals surface area contributed by atoms with E-state index in [1.54, 1.807) is 11.8 Å². The van der Waals surface area contributed by atoms with Crippen LogP contribution < -0.4 is 10.6 Å². The molecule has 4 nitrogen and oxygen atoms in total. The second-order valence-corrected chi connectivity index (χ2v) is 5.37. The molecule has 104 valence electrons. The van der Waals surface area contributed by atoms with E-state index in [4.69, 9.17) is 0 Å². The lowest BCUT2D eigenvalue weighted by Crippen LogP contribution is -2.22. The normalized spacial score (nSPS) is 10.0. The number of anilines is 1. The largest absolute Gasteiger partial charge is 0.356 e. The number of carbonyl (C=O) groups is 2. The van der Waals surface area contributed by atoms with Gasteiger partial charge in [0.1, 0.15) is 0 Å². The van der Waals surface area contributed by atoms with E-state index in [1.165, 1.54) is 6.92 Å². The van der Waals surface area contributed by atoms with Crippen molar-refractivity contribution in [3.63, 3.8) is 0 Å². The van der Waals surface area contributed by atoms with Gasteiger partial charge in [-0.1, -0.05) is 19.1 Å². The summed E-state index contributed by atoms with van der Waals surface area (Å²) in [5.41, 5.74) is 0.860.